The zero-order chi connectivity index (χ0) is 6.74. The first-order valence-electron chi connectivity index (χ1n) is 2.95. The highest BCUT2D eigenvalue weighted by atomic mass is 35.5. The highest BCUT2D eigenvalue weighted by Gasteiger charge is 2.15. The van der Waals surface area contributed by atoms with Crippen molar-refractivity contribution in [1.29, 1.82) is 0 Å². The summed E-state index contributed by atoms with van der Waals surface area (Å²) in [6.45, 7) is 4.57. The number of nitrogens with zero attached hydrogens (tertiary/aromatic N) is 2. The molecule has 1 aliphatic rings. The van der Waals surface area contributed by atoms with Crippen molar-refractivity contribution in [3.63, 3.8) is 0 Å². The van der Waals surface area contributed by atoms with E-state index in [1.807, 2.05) is 24.8 Å². The van der Waals surface area contributed by atoms with Crippen LogP contribution in [-0.2, 0) is 0 Å². The first-order valence-corrected chi connectivity index (χ1v) is 2.95. The van der Waals surface area contributed by atoms with Crippen molar-refractivity contribution in [1.82, 2.24) is 0 Å². The van der Waals surface area contributed by atoms with E-state index >= 15 is 0 Å². The first kappa shape index (κ1) is 9.40. The second-order valence-electron chi connectivity index (χ2n) is 2.38. The molecule has 1 aliphatic heterocycles. The van der Waals surface area contributed by atoms with Crippen molar-refractivity contribution in [2.24, 2.45) is 4.99 Å². The Balaban J connectivity index is 0.000000810. The number of quaternary nitrogens is 1. The lowest BCUT2D eigenvalue weighted by Gasteiger charge is -2.18. The first-order chi connectivity index (χ1) is 4.27. The van der Waals surface area contributed by atoms with Crippen LogP contribution in [0.1, 0.15) is 0 Å². The average molecular weight is 159 g/mol. The van der Waals surface area contributed by atoms with Crippen molar-refractivity contribution in [2.45, 2.75) is 0 Å². The minimum Gasteiger partial charge on any atom is -1.00 e. The van der Waals surface area contributed by atoms with E-state index < -0.39 is 0 Å². The lowest BCUT2D eigenvalue weighted by atomic mass is 10.5. The Morgan fingerprint density at radius 2 is 2.40 bits per heavy atom. The largest absolute Gasteiger partial charge is 1.00 e. The monoisotopic (exact) mass is 158 g/mol. The maximum atomic E-state index is 3.97. The molecule has 0 aliphatic carbocycles. The number of halogens is 1. The van der Waals surface area contributed by atoms with E-state index in [9.17, 15) is 0 Å². The van der Waals surface area contributed by atoms with Crippen LogP contribution >= 0.6 is 0 Å². The third kappa shape index (κ3) is 1.97. The summed E-state index contributed by atoms with van der Waals surface area (Å²) < 4.78 is 0.753. The van der Waals surface area contributed by atoms with Gasteiger partial charge in [0.1, 0.15) is 12.7 Å². The van der Waals surface area contributed by atoms with Gasteiger partial charge >= 0.3 is 0 Å². The van der Waals surface area contributed by atoms with Gasteiger partial charge in [-0.2, -0.15) is 0 Å². The highest BCUT2D eigenvalue weighted by Crippen LogP contribution is 2.05. The van der Waals surface area contributed by atoms with Gasteiger partial charge in [0.2, 0.25) is 0 Å². The van der Waals surface area contributed by atoms with Gasteiger partial charge in [0.15, 0.2) is 6.34 Å². The molecule has 1 rings (SSSR count). The van der Waals surface area contributed by atoms with E-state index in [0.29, 0.717) is 0 Å². The van der Waals surface area contributed by atoms with E-state index in [4.69, 9.17) is 0 Å². The minimum absolute atomic E-state index is 0. The van der Waals surface area contributed by atoms with Crippen molar-refractivity contribution >= 4 is 6.34 Å². The molecule has 0 bridgehead atoms. The summed E-state index contributed by atoms with van der Waals surface area (Å²) in [5.41, 5.74) is 0. The molecule has 0 saturated heterocycles. The molecule has 56 valence electrons. The summed E-state index contributed by atoms with van der Waals surface area (Å²) in [5, 5.41) is 0. The van der Waals surface area contributed by atoms with Crippen LogP contribution in [0.3, 0.4) is 0 Å². The third-order valence-electron chi connectivity index (χ3n) is 1.35. The second kappa shape index (κ2) is 3.54. The van der Waals surface area contributed by atoms with Gasteiger partial charge in [-0.1, -0.05) is 6.58 Å². The average Bonchev–Trinajstić information content (AvgIpc) is 2.16. The van der Waals surface area contributed by atoms with Crippen LogP contribution in [0.15, 0.2) is 30.0 Å². The fourth-order valence-corrected chi connectivity index (χ4v) is 0.806. The number of aliphatic imine (C=N–C) groups is 1. The Morgan fingerprint density at radius 3 is 2.80 bits per heavy atom. The molecule has 1 atom stereocenters. The molecule has 3 heteroatoms. The van der Waals surface area contributed by atoms with E-state index in [1.165, 1.54) is 0 Å². The summed E-state index contributed by atoms with van der Waals surface area (Å²) in [6.07, 6.45) is 7.62. The predicted octanol–water partition coefficient (Wildman–Crippen LogP) is -1.86. The van der Waals surface area contributed by atoms with Crippen LogP contribution < -0.4 is 12.4 Å². The topological polar surface area (TPSA) is 12.4 Å². The number of hydrogen-bond donors (Lipinski definition) is 0. The van der Waals surface area contributed by atoms with E-state index in [0.717, 1.165) is 11.0 Å². The van der Waals surface area contributed by atoms with Gasteiger partial charge in [0, 0.05) is 0 Å². The SMILES string of the molecule is C=CC[N+]1(C)C=CN=C1.[Cl-]. The van der Waals surface area contributed by atoms with E-state index in [1.54, 1.807) is 0 Å². The minimum atomic E-state index is 0. The van der Waals surface area contributed by atoms with Crippen LogP contribution in [0.4, 0.5) is 0 Å². The van der Waals surface area contributed by atoms with Gasteiger partial charge in [0.05, 0.1) is 13.2 Å². The number of likely N-dealkylation sites (N-methyl/N-ethyl adjacent to an activating group) is 1. The van der Waals surface area contributed by atoms with Gasteiger partial charge in [-0.15, -0.1) is 0 Å². The van der Waals surface area contributed by atoms with E-state index in [2.05, 4.69) is 18.6 Å². The number of hydrogen-bond acceptors (Lipinski definition) is 1. The standard InChI is InChI=1S/C7H11N2.ClH/c1-3-5-9(2)6-4-8-7-9;/h3-4,6-7H,1,5H2,2H3;1H/q+1;/p-1. The zero-order valence-corrected chi connectivity index (χ0v) is 6.75. The van der Waals surface area contributed by atoms with Gasteiger partial charge in [0.25, 0.3) is 0 Å². The Morgan fingerprint density at radius 1 is 1.70 bits per heavy atom. The van der Waals surface area contributed by atoms with Crippen LogP contribution in [0.25, 0.3) is 0 Å². The van der Waals surface area contributed by atoms with Crippen LogP contribution in [0, 0.1) is 0 Å². The maximum absolute atomic E-state index is 3.97. The molecule has 0 aromatic carbocycles. The molecule has 2 nitrogen and oxygen atoms in total. The summed E-state index contributed by atoms with van der Waals surface area (Å²) in [7, 11) is 2.08. The summed E-state index contributed by atoms with van der Waals surface area (Å²) in [5.74, 6) is 0. The highest BCUT2D eigenvalue weighted by molar-refractivity contribution is 5.50. The Kier molecular flexibility index (Phi) is 3.33. The Bertz CT molecular complexity index is 160. The van der Waals surface area contributed by atoms with E-state index in [-0.39, 0.29) is 12.4 Å². The quantitative estimate of drug-likeness (QED) is 0.330. The van der Waals surface area contributed by atoms with Crippen molar-refractivity contribution in [3.8, 4) is 0 Å². The van der Waals surface area contributed by atoms with Gasteiger partial charge in [-0.3, -0.25) is 4.48 Å². The van der Waals surface area contributed by atoms with Gasteiger partial charge < -0.3 is 12.4 Å². The molecule has 0 N–H and O–H groups in total. The molecule has 0 aromatic heterocycles. The lowest BCUT2D eigenvalue weighted by molar-refractivity contribution is -0.749. The van der Waals surface area contributed by atoms with Crippen LogP contribution in [-0.4, -0.2) is 24.4 Å². The molecular formula is C7H11ClN2. The summed E-state index contributed by atoms with van der Waals surface area (Å²) in [6, 6.07) is 0. The molecule has 0 spiro atoms. The molecule has 0 saturated carbocycles. The predicted molar refractivity (Wildman–Crippen MR) is 38.9 cm³/mol. The van der Waals surface area contributed by atoms with Crippen molar-refractivity contribution in [3.05, 3.63) is 25.1 Å². The molecule has 0 fully saturated rings. The smallest absolute Gasteiger partial charge is 0.194 e. The molecular weight excluding hydrogens is 148 g/mol. The fraction of sp³-hybridized carbons (Fsp3) is 0.286. The van der Waals surface area contributed by atoms with Crippen molar-refractivity contribution in [2.75, 3.05) is 13.6 Å². The molecule has 10 heavy (non-hydrogen) atoms. The molecule has 0 amide bonds. The second-order valence-corrected chi connectivity index (χ2v) is 2.38. The van der Waals surface area contributed by atoms with Crippen molar-refractivity contribution < 1.29 is 16.9 Å². The van der Waals surface area contributed by atoms with Gasteiger partial charge in [-0.25, -0.2) is 4.99 Å². The lowest BCUT2D eigenvalue weighted by Crippen LogP contribution is -3.00. The Hall–Kier alpha value is -0.600. The summed E-state index contributed by atoms with van der Waals surface area (Å²) >= 11 is 0. The molecule has 1 heterocycles. The van der Waals surface area contributed by atoms with Gasteiger partial charge in [-0.05, 0) is 6.08 Å². The fourth-order valence-electron chi connectivity index (χ4n) is 0.806. The normalized spacial score (nSPS) is 28.1. The number of rotatable bonds is 2. The van der Waals surface area contributed by atoms with Crippen LogP contribution in [0.5, 0.6) is 0 Å². The molecule has 0 aromatic rings. The summed E-state index contributed by atoms with van der Waals surface area (Å²) in [4.78, 5) is 3.97. The zero-order valence-electron chi connectivity index (χ0n) is 6.00. The molecule has 0 radical (unpaired) electrons. The van der Waals surface area contributed by atoms with Crippen LogP contribution in [0.2, 0.25) is 0 Å². The third-order valence-corrected chi connectivity index (χ3v) is 1.35. The maximum Gasteiger partial charge on any atom is 0.194 e. The Labute approximate surface area is 67.6 Å². The molecule has 1 unspecified atom stereocenters.